The lowest BCUT2D eigenvalue weighted by molar-refractivity contribution is 0.353. The van der Waals surface area contributed by atoms with Crippen molar-refractivity contribution in [3.8, 4) is 28.1 Å². The van der Waals surface area contributed by atoms with Gasteiger partial charge in [0.15, 0.2) is 5.82 Å². The molecule has 0 amide bonds. The third kappa shape index (κ3) is 3.35. The van der Waals surface area contributed by atoms with Crippen LogP contribution in [-0.2, 0) is 0 Å². The molecule has 2 aliphatic rings. The summed E-state index contributed by atoms with van der Waals surface area (Å²) in [6, 6.07) is 11.3. The van der Waals surface area contributed by atoms with E-state index in [1.807, 2.05) is 31.2 Å². The van der Waals surface area contributed by atoms with Crippen LogP contribution in [0.25, 0.3) is 22.4 Å². The highest BCUT2D eigenvalue weighted by Crippen LogP contribution is 2.34. The Hall–Kier alpha value is -2.93. The number of aromatic amines is 1. The first-order chi connectivity index (χ1) is 14.1. The zero-order valence-corrected chi connectivity index (χ0v) is 16.8. The molecule has 2 saturated heterocycles. The second kappa shape index (κ2) is 7.15. The molecular weight excluding hydrogens is 364 g/mol. The lowest BCUT2D eigenvalue weighted by Crippen LogP contribution is -2.47. The van der Waals surface area contributed by atoms with Gasteiger partial charge < -0.3 is 15.3 Å². The number of hydrogen-bond acceptors (Lipinski definition) is 6. The molecule has 7 nitrogen and oxygen atoms in total. The van der Waals surface area contributed by atoms with Crippen LogP contribution in [0.2, 0.25) is 0 Å². The van der Waals surface area contributed by atoms with Gasteiger partial charge in [0, 0.05) is 42.0 Å². The molecule has 2 fully saturated rings. The van der Waals surface area contributed by atoms with Crippen LogP contribution in [0.15, 0.2) is 36.5 Å². The molecule has 29 heavy (non-hydrogen) atoms. The summed E-state index contributed by atoms with van der Waals surface area (Å²) in [7, 11) is 2.11. The van der Waals surface area contributed by atoms with Crippen molar-refractivity contribution in [1.82, 2.24) is 25.7 Å². The van der Waals surface area contributed by atoms with Gasteiger partial charge in [-0.1, -0.05) is 6.07 Å². The predicted octanol–water partition coefficient (Wildman–Crippen LogP) is 3.27. The lowest BCUT2D eigenvalue weighted by Gasteiger charge is -2.36. The summed E-state index contributed by atoms with van der Waals surface area (Å²) in [5.41, 5.74) is 4.21. The summed E-state index contributed by atoms with van der Waals surface area (Å²) in [6.45, 7) is 1.96. The Morgan fingerprint density at radius 1 is 1.03 bits per heavy atom. The first-order valence-corrected chi connectivity index (χ1v) is 10.2. The van der Waals surface area contributed by atoms with Crippen molar-refractivity contribution in [3.63, 3.8) is 0 Å². The normalized spacial score (nSPS) is 23.3. The van der Waals surface area contributed by atoms with Gasteiger partial charge in [-0.15, -0.1) is 10.2 Å². The topological polar surface area (TPSA) is 90.0 Å². The highest BCUT2D eigenvalue weighted by atomic mass is 16.3. The maximum atomic E-state index is 10.6. The molecule has 5 rings (SSSR count). The number of H-pyrrole nitrogens is 1. The molecule has 7 heteroatoms. The Labute approximate surface area is 170 Å². The Bertz CT molecular complexity index is 1000. The minimum atomic E-state index is 0.188. The molecule has 0 saturated carbocycles. The maximum Gasteiger partial charge on any atom is 0.151 e. The number of aromatic hydroxyl groups is 1. The number of nitrogens with zero attached hydrogens (tertiary/aromatic N) is 4. The van der Waals surface area contributed by atoms with E-state index in [9.17, 15) is 5.11 Å². The summed E-state index contributed by atoms with van der Waals surface area (Å²) in [4.78, 5) is 2.26. The van der Waals surface area contributed by atoms with Crippen molar-refractivity contribution >= 4 is 5.82 Å². The smallest absolute Gasteiger partial charge is 0.151 e. The number of rotatable bonds is 4. The van der Waals surface area contributed by atoms with Gasteiger partial charge in [0.25, 0.3) is 0 Å². The van der Waals surface area contributed by atoms with Crippen molar-refractivity contribution < 1.29 is 5.11 Å². The molecule has 3 atom stereocenters. The molecule has 0 spiro atoms. The number of anilines is 1. The highest BCUT2D eigenvalue weighted by Gasteiger charge is 2.35. The number of hydrogen-bond donors (Lipinski definition) is 3. The first-order valence-electron chi connectivity index (χ1n) is 10.2. The van der Waals surface area contributed by atoms with Crippen LogP contribution in [0.5, 0.6) is 5.75 Å². The minimum absolute atomic E-state index is 0.188. The van der Waals surface area contributed by atoms with Gasteiger partial charge in [-0.2, -0.15) is 5.10 Å². The van der Waals surface area contributed by atoms with E-state index < -0.39 is 0 Å². The molecule has 2 bridgehead atoms. The number of aryl methyl sites for hydroxylation is 1. The van der Waals surface area contributed by atoms with Crippen LogP contribution in [0, 0.1) is 6.92 Å². The van der Waals surface area contributed by atoms with Gasteiger partial charge in [0.2, 0.25) is 0 Å². The lowest BCUT2D eigenvalue weighted by atomic mass is 9.98. The predicted molar refractivity (Wildman–Crippen MR) is 113 cm³/mol. The fraction of sp³-hybridized carbons (Fsp3) is 0.409. The highest BCUT2D eigenvalue weighted by molar-refractivity contribution is 5.75. The molecule has 3 N–H and O–H groups in total. The quantitative estimate of drug-likeness (QED) is 0.634. The van der Waals surface area contributed by atoms with Crippen LogP contribution in [0.1, 0.15) is 31.4 Å². The van der Waals surface area contributed by atoms with Crippen molar-refractivity contribution in [2.75, 3.05) is 11.9 Å². The van der Waals surface area contributed by atoms with E-state index in [0.29, 0.717) is 29.4 Å². The second-order valence-electron chi connectivity index (χ2n) is 8.29. The fourth-order valence-corrected chi connectivity index (χ4v) is 4.75. The Kier molecular flexibility index (Phi) is 4.47. The van der Waals surface area contributed by atoms with E-state index in [0.717, 1.165) is 35.5 Å². The number of phenolic OH excluding ortho intramolecular Hbond substituents is 1. The van der Waals surface area contributed by atoms with Gasteiger partial charge in [-0.25, -0.2) is 0 Å². The van der Waals surface area contributed by atoms with Gasteiger partial charge in [0.1, 0.15) is 5.75 Å². The Balaban J connectivity index is 1.35. The molecule has 3 aromatic rings. The van der Waals surface area contributed by atoms with Crippen LogP contribution in [-0.4, -0.2) is 50.7 Å². The molecule has 1 aromatic carbocycles. The molecule has 2 unspecified atom stereocenters. The number of nitrogens with one attached hydrogen (secondary N) is 2. The van der Waals surface area contributed by atoms with Gasteiger partial charge in [0.05, 0.1) is 11.9 Å². The van der Waals surface area contributed by atoms with Crippen LogP contribution < -0.4 is 10.2 Å². The van der Waals surface area contributed by atoms with Crippen molar-refractivity contribution in [2.45, 2.75) is 50.7 Å². The second-order valence-corrected chi connectivity index (χ2v) is 8.29. The van der Waals surface area contributed by atoms with E-state index in [1.165, 1.54) is 12.8 Å². The Morgan fingerprint density at radius 2 is 1.83 bits per heavy atom. The maximum absolute atomic E-state index is 10.6. The van der Waals surface area contributed by atoms with Gasteiger partial charge >= 0.3 is 0 Å². The van der Waals surface area contributed by atoms with E-state index in [1.54, 1.807) is 12.3 Å². The molecule has 150 valence electrons. The standard InChI is InChI=1S/C22H26N6O/c1-13-19(12-23-25-13)14-3-6-18(21(29)9-14)20-7-8-22(27-26-20)28(2)17-10-15-4-5-16(11-17)24-15/h3,6-9,12,15-17,24,29H,4-5,10-11H2,1-2H3,(H,23,25)/t15-,16?,17?/m0/s1. The number of phenols is 1. The fourth-order valence-electron chi connectivity index (χ4n) is 4.75. The molecule has 0 aliphatic carbocycles. The molecule has 4 heterocycles. The molecule has 2 aliphatic heterocycles. The average Bonchev–Trinajstić information content (AvgIpc) is 3.32. The molecular formula is C22H26N6O. The first kappa shape index (κ1) is 18.1. The number of benzene rings is 1. The van der Waals surface area contributed by atoms with E-state index in [-0.39, 0.29) is 5.75 Å². The van der Waals surface area contributed by atoms with E-state index in [4.69, 9.17) is 0 Å². The van der Waals surface area contributed by atoms with Crippen molar-refractivity contribution in [2.24, 2.45) is 0 Å². The largest absolute Gasteiger partial charge is 0.507 e. The van der Waals surface area contributed by atoms with Gasteiger partial charge in [-0.3, -0.25) is 5.10 Å². The minimum Gasteiger partial charge on any atom is -0.507 e. The molecule has 0 radical (unpaired) electrons. The third-order valence-corrected chi connectivity index (χ3v) is 6.42. The number of piperidine rings is 1. The number of aromatic nitrogens is 4. The van der Waals surface area contributed by atoms with Crippen LogP contribution >= 0.6 is 0 Å². The van der Waals surface area contributed by atoms with Crippen LogP contribution in [0.3, 0.4) is 0 Å². The summed E-state index contributed by atoms with van der Waals surface area (Å²) in [6.07, 6.45) is 6.65. The monoisotopic (exact) mass is 390 g/mol. The molecule has 2 aromatic heterocycles. The third-order valence-electron chi connectivity index (χ3n) is 6.42. The van der Waals surface area contributed by atoms with Crippen molar-refractivity contribution in [1.29, 1.82) is 0 Å². The summed E-state index contributed by atoms with van der Waals surface area (Å²) >= 11 is 0. The van der Waals surface area contributed by atoms with Crippen LogP contribution in [0.4, 0.5) is 5.82 Å². The van der Waals surface area contributed by atoms with Gasteiger partial charge in [-0.05, 0) is 62.4 Å². The number of fused-ring (bicyclic) bond motifs is 2. The summed E-state index contributed by atoms with van der Waals surface area (Å²) in [5, 5.41) is 30.1. The zero-order chi connectivity index (χ0) is 20.0. The van der Waals surface area contributed by atoms with E-state index in [2.05, 4.69) is 37.7 Å². The Morgan fingerprint density at radius 3 is 2.45 bits per heavy atom. The summed E-state index contributed by atoms with van der Waals surface area (Å²) < 4.78 is 0. The SMILES string of the molecule is Cc1[nH]ncc1-c1ccc(-c2ccc(N(C)C3CC4CC[C@@H](C3)N4)nn2)c(O)c1. The van der Waals surface area contributed by atoms with Crippen molar-refractivity contribution in [3.05, 3.63) is 42.2 Å². The van der Waals surface area contributed by atoms with E-state index >= 15 is 0 Å². The zero-order valence-electron chi connectivity index (χ0n) is 16.8. The summed E-state index contributed by atoms with van der Waals surface area (Å²) in [5.74, 6) is 1.07. The average molecular weight is 390 g/mol.